The SMILES string of the molecule is COCSCc1ccccc1-c1nc(C(=O)O)cs1. The van der Waals surface area contributed by atoms with E-state index in [9.17, 15) is 4.79 Å². The van der Waals surface area contributed by atoms with Gasteiger partial charge in [0.15, 0.2) is 5.69 Å². The number of carboxylic acids is 1. The normalized spacial score (nSPS) is 10.6. The topological polar surface area (TPSA) is 59.4 Å². The minimum Gasteiger partial charge on any atom is -0.476 e. The van der Waals surface area contributed by atoms with Crippen molar-refractivity contribution < 1.29 is 14.6 Å². The van der Waals surface area contributed by atoms with Crippen molar-refractivity contribution in [2.45, 2.75) is 5.75 Å². The molecule has 0 atom stereocenters. The van der Waals surface area contributed by atoms with Gasteiger partial charge in [-0.2, -0.15) is 0 Å². The third kappa shape index (κ3) is 3.56. The Hall–Kier alpha value is -1.37. The van der Waals surface area contributed by atoms with E-state index in [1.807, 2.05) is 24.3 Å². The summed E-state index contributed by atoms with van der Waals surface area (Å²) >= 11 is 3.02. The highest BCUT2D eigenvalue weighted by Crippen LogP contribution is 2.29. The van der Waals surface area contributed by atoms with E-state index in [0.717, 1.165) is 21.9 Å². The van der Waals surface area contributed by atoms with Gasteiger partial charge in [0.1, 0.15) is 5.01 Å². The number of hydrogen-bond donors (Lipinski definition) is 1. The lowest BCUT2D eigenvalue weighted by Crippen LogP contribution is -1.96. The molecule has 0 amide bonds. The first-order chi connectivity index (χ1) is 9.22. The predicted octanol–water partition coefficient (Wildman–Crippen LogP) is 3.35. The molecule has 100 valence electrons. The Kier molecular flexibility index (Phi) is 4.95. The summed E-state index contributed by atoms with van der Waals surface area (Å²) in [4.78, 5) is 15.0. The van der Waals surface area contributed by atoms with Crippen LogP contribution in [-0.2, 0) is 10.5 Å². The molecule has 1 aromatic carbocycles. The summed E-state index contributed by atoms with van der Waals surface area (Å²) in [5.74, 6) is 0.451. The zero-order chi connectivity index (χ0) is 13.7. The smallest absolute Gasteiger partial charge is 0.355 e. The Morgan fingerprint density at radius 1 is 1.47 bits per heavy atom. The van der Waals surface area contributed by atoms with Crippen molar-refractivity contribution in [2.24, 2.45) is 0 Å². The van der Waals surface area contributed by atoms with Gasteiger partial charge in [-0.1, -0.05) is 24.3 Å². The number of carboxylic acid groups (broad SMARTS) is 1. The number of nitrogens with zero attached hydrogens (tertiary/aromatic N) is 1. The zero-order valence-electron chi connectivity index (χ0n) is 10.3. The summed E-state index contributed by atoms with van der Waals surface area (Å²) in [7, 11) is 1.67. The van der Waals surface area contributed by atoms with Crippen molar-refractivity contribution in [3.05, 3.63) is 40.9 Å². The summed E-state index contributed by atoms with van der Waals surface area (Å²) in [5.41, 5.74) is 2.22. The number of thiazole rings is 1. The minimum absolute atomic E-state index is 0.0966. The number of rotatable bonds is 6. The number of hydrogen-bond acceptors (Lipinski definition) is 5. The van der Waals surface area contributed by atoms with Crippen molar-refractivity contribution in [2.75, 3.05) is 13.0 Å². The summed E-state index contributed by atoms with van der Waals surface area (Å²) in [6.45, 7) is 0. The minimum atomic E-state index is -0.992. The van der Waals surface area contributed by atoms with Crippen LogP contribution >= 0.6 is 23.1 Å². The maximum absolute atomic E-state index is 10.9. The van der Waals surface area contributed by atoms with Crippen LogP contribution < -0.4 is 0 Å². The zero-order valence-corrected chi connectivity index (χ0v) is 12.0. The van der Waals surface area contributed by atoms with Crippen LogP contribution in [0.1, 0.15) is 16.1 Å². The molecule has 19 heavy (non-hydrogen) atoms. The quantitative estimate of drug-likeness (QED) is 0.654. The van der Waals surface area contributed by atoms with Crippen molar-refractivity contribution >= 4 is 29.1 Å². The molecule has 1 N–H and O–H groups in total. The monoisotopic (exact) mass is 295 g/mol. The summed E-state index contributed by atoms with van der Waals surface area (Å²) < 4.78 is 5.02. The molecule has 0 bridgehead atoms. The molecule has 6 heteroatoms. The molecule has 2 rings (SSSR count). The van der Waals surface area contributed by atoms with E-state index >= 15 is 0 Å². The Labute approximate surface area is 119 Å². The second-order valence-electron chi connectivity index (χ2n) is 3.76. The summed E-state index contributed by atoms with van der Waals surface area (Å²) in [6, 6.07) is 7.90. The van der Waals surface area contributed by atoms with Crippen LogP contribution in [0.3, 0.4) is 0 Å². The number of carbonyl (C=O) groups is 1. The molecule has 4 nitrogen and oxygen atoms in total. The lowest BCUT2D eigenvalue weighted by molar-refractivity contribution is 0.0691. The third-order valence-electron chi connectivity index (χ3n) is 2.43. The molecular weight excluding hydrogens is 282 g/mol. The molecule has 0 saturated heterocycles. The fourth-order valence-corrected chi connectivity index (χ4v) is 3.16. The molecule has 0 aliphatic carbocycles. The second-order valence-corrected chi connectivity index (χ2v) is 5.55. The highest BCUT2D eigenvalue weighted by Gasteiger charge is 2.12. The second kappa shape index (κ2) is 6.70. The van der Waals surface area contributed by atoms with Gasteiger partial charge in [0.25, 0.3) is 0 Å². The van der Waals surface area contributed by atoms with Gasteiger partial charge < -0.3 is 9.84 Å². The van der Waals surface area contributed by atoms with Crippen LogP contribution in [-0.4, -0.2) is 29.1 Å². The van der Waals surface area contributed by atoms with E-state index in [2.05, 4.69) is 4.98 Å². The van der Waals surface area contributed by atoms with Gasteiger partial charge in [-0.15, -0.1) is 23.1 Å². The van der Waals surface area contributed by atoms with Crippen molar-refractivity contribution in [1.82, 2.24) is 4.98 Å². The number of aromatic nitrogens is 1. The first-order valence-corrected chi connectivity index (χ1v) is 7.59. The maximum atomic E-state index is 10.9. The molecule has 0 aliphatic heterocycles. The third-order valence-corrected chi connectivity index (χ3v) is 4.22. The van der Waals surface area contributed by atoms with E-state index in [4.69, 9.17) is 9.84 Å². The highest BCUT2D eigenvalue weighted by molar-refractivity contribution is 7.98. The molecule has 0 aliphatic rings. The average molecular weight is 295 g/mol. The lowest BCUT2D eigenvalue weighted by Gasteiger charge is -2.06. The van der Waals surface area contributed by atoms with Crippen molar-refractivity contribution in [1.29, 1.82) is 0 Å². The van der Waals surface area contributed by atoms with Crippen molar-refractivity contribution in [3.8, 4) is 10.6 Å². The van der Waals surface area contributed by atoms with E-state index < -0.39 is 5.97 Å². The van der Waals surface area contributed by atoms with E-state index in [0.29, 0.717) is 5.94 Å². The molecule has 1 aromatic heterocycles. The van der Waals surface area contributed by atoms with Gasteiger partial charge in [0, 0.05) is 23.8 Å². The fourth-order valence-electron chi connectivity index (χ4n) is 1.59. The standard InChI is InChI=1S/C13H13NO3S2/c1-17-8-18-6-9-4-2-3-5-10(9)12-14-11(7-19-12)13(15)16/h2-5,7H,6,8H2,1H3,(H,15,16). The van der Waals surface area contributed by atoms with Gasteiger partial charge in [-0.25, -0.2) is 9.78 Å². The van der Waals surface area contributed by atoms with E-state index in [1.54, 1.807) is 24.3 Å². The molecule has 0 spiro atoms. The molecule has 0 radical (unpaired) electrons. The highest BCUT2D eigenvalue weighted by atomic mass is 32.2. The molecule has 0 fully saturated rings. The van der Waals surface area contributed by atoms with Gasteiger partial charge in [0.2, 0.25) is 0 Å². The van der Waals surface area contributed by atoms with Gasteiger partial charge in [0.05, 0.1) is 5.94 Å². The maximum Gasteiger partial charge on any atom is 0.355 e. The summed E-state index contributed by atoms with van der Waals surface area (Å²) in [5, 5.41) is 11.2. The molecule has 2 aromatic rings. The number of thioether (sulfide) groups is 1. The van der Waals surface area contributed by atoms with Crippen LogP contribution in [0.4, 0.5) is 0 Å². The Balaban J connectivity index is 2.25. The number of methoxy groups -OCH3 is 1. The Bertz CT molecular complexity index is 569. The number of benzene rings is 1. The first kappa shape index (κ1) is 14.0. The van der Waals surface area contributed by atoms with Gasteiger partial charge in [-0.3, -0.25) is 0 Å². The van der Waals surface area contributed by atoms with Crippen molar-refractivity contribution in [3.63, 3.8) is 0 Å². The van der Waals surface area contributed by atoms with Gasteiger partial charge >= 0.3 is 5.97 Å². The van der Waals surface area contributed by atoms with Crippen LogP contribution in [0.15, 0.2) is 29.6 Å². The van der Waals surface area contributed by atoms with Crippen LogP contribution in [0.25, 0.3) is 10.6 Å². The molecule has 0 saturated carbocycles. The largest absolute Gasteiger partial charge is 0.476 e. The Morgan fingerprint density at radius 3 is 2.95 bits per heavy atom. The van der Waals surface area contributed by atoms with E-state index in [-0.39, 0.29) is 5.69 Å². The van der Waals surface area contributed by atoms with Crippen LogP contribution in [0.2, 0.25) is 0 Å². The van der Waals surface area contributed by atoms with Gasteiger partial charge in [-0.05, 0) is 5.56 Å². The molecule has 0 unspecified atom stereocenters. The lowest BCUT2D eigenvalue weighted by atomic mass is 10.1. The van der Waals surface area contributed by atoms with E-state index in [1.165, 1.54) is 11.3 Å². The number of aromatic carboxylic acids is 1. The summed E-state index contributed by atoms with van der Waals surface area (Å²) in [6.07, 6.45) is 0. The fraction of sp³-hybridized carbons (Fsp3) is 0.231. The molecule has 1 heterocycles. The molecular formula is C13H13NO3S2. The van der Waals surface area contributed by atoms with Crippen LogP contribution in [0.5, 0.6) is 0 Å². The Morgan fingerprint density at radius 2 is 2.26 bits per heavy atom. The number of ether oxygens (including phenoxy) is 1. The van der Waals surface area contributed by atoms with Crippen LogP contribution in [0, 0.1) is 0 Å². The average Bonchev–Trinajstić information content (AvgIpc) is 2.89. The first-order valence-electron chi connectivity index (χ1n) is 5.56. The predicted molar refractivity (Wildman–Crippen MR) is 77.7 cm³/mol.